The molecule has 0 radical (unpaired) electrons. The molecule has 1 saturated heterocycles. The van der Waals surface area contributed by atoms with Crippen LogP contribution < -0.4 is 16.0 Å². The molecule has 4 rings (SSSR count). The Morgan fingerprint density at radius 3 is 2.65 bits per heavy atom. The molecule has 0 amide bonds. The fraction of sp³-hybridized carbons (Fsp3) is 0.368. The van der Waals surface area contributed by atoms with Gasteiger partial charge in [0.15, 0.2) is 0 Å². The predicted octanol–water partition coefficient (Wildman–Crippen LogP) is 2.03. The van der Waals surface area contributed by atoms with Gasteiger partial charge in [0.25, 0.3) is 0 Å². The Kier molecular flexibility index (Phi) is 4.62. The molecule has 1 aliphatic rings. The van der Waals surface area contributed by atoms with E-state index in [1.54, 1.807) is 0 Å². The van der Waals surface area contributed by atoms with E-state index in [-0.39, 0.29) is 0 Å². The lowest BCUT2D eigenvalue weighted by atomic mass is 10.1. The second-order valence-electron chi connectivity index (χ2n) is 6.48. The highest BCUT2D eigenvalue weighted by Gasteiger charge is 2.13. The number of hydrogen-bond donors (Lipinski definition) is 2. The summed E-state index contributed by atoms with van der Waals surface area (Å²) in [6.45, 7) is 6.09. The molecule has 3 aromatic heterocycles. The van der Waals surface area contributed by atoms with E-state index in [0.717, 1.165) is 72.8 Å². The summed E-state index contributed by atoms with van der Waals surface area (Å²) in [6.07, 6.45) is 3.71. The van der Waals surface area contributed by atoms with Crippen molar-refractivity contribution in [2.75, 3.05) is 36.8 Å². The summed E-state index contributed by atoms with van der Waals surface area (Å²) in [6, 6.07) is 8.07. The van der Waals surface area contributed by atoms with Crippen LogP contribution in [-0.4, -0.2) is 46.1 Å². The molecule has 0 saturated carbocycles. The van der Waals surface area contributed by atoms with Gasteiger partial charge in [-0.3, -0.25) is 0 Å². The number of aryl methyl sites for hydroxylation is 1. The largest absolute Gasteiger partial charge is 0.368 e. The van der Waals surface area contributed by atoms with Crippen LogP contribution in [0.25, 0.3) is 22.3 Å². The monoisotopic (exact) mass is 349 g/mol. The van der Waals surface area contributed by atoms with E-state index in [9.17, 15) is 0 Å². The van der Waals surface area contributed by atoms with E-state index >= 15 is 0 Å². The van der Waals surface area contributed by atoms with Gasteiger partial charge in [-0.25, -0.2) is 19.9 Å². The molecule has 4 heterocycles. The van der Waals surface area contributed by atoms with Crippen LogP contribution in [-0.2, 0) is 6.42 Å². The van der Waals surface area contributed by atoms with E-state index in [2.05, 4.69) is 44.2 Å². The number of hydrogen-bond acceptors (Lipinski definition) is 7. The van der Waals surface area contributed by atoms with Gasteiger partial charge >= 0.3 is 0 Å². The van der Waals surface area contributed by atoms with Crippen LogP contribution in [0, 0.1) is 0 Å². The molecule has 0 atom stereocenters. The number of nitrogens with zero attached hydrogens (tertiary/aromatic N) is 5. The maximum absolute atomic E-state index is 5.82. The van der Waals surface area contributed by atoms with Crippen molar-refractivity contribution in [3.63, 3.8) is 0 Å². The van der Waals surface area contributed by atoms with E-state index in [1.165, 1.54) is 0 Å². The zero-order valence-electron chi connectivity index (χ0n) is 14.9. The number of nitrogen functional groups attached to an aromatic ring is 1. The molecule has 3 aromatic rings. The van der Waals surface area contributed by atoms with Gasteiger partial charge in [0.1, 0.15) is 11.3 Å². The van der Waals surface area contributed by atoms with E-state index < -0.39 is 0 Å². The average molecular weight is 349 g/mol. The zero-order chi connectivity index (χ0) is 17.9. The number of piperazine rings is 1. The van der Waals surface area contributed by atoms with Crippen molar-refractivity contribution in [2.45, 2.75) is 19.8 Å². The van der Waals surface area contributed by atoms with Gasteiger partial charge < -0.3 is 16.0 Å². The van der Waals surface area contributed by atoms with E-state index in [4.69, 9.17) is 10.7 Å². The molecule has 0 spiro atoms. The van der Waals surface area contributed by atoms with Crippen molar-refractivity contribution in [1.29, 1.82) is 0 Å². The van der Waals surface area contributed by atoms with Gasteiger partial charge in [0, 0.05) is 37.9 Å². The topological polar surface area (TPSA) is 92.8 Å². The average Bonchev–Trinajstić information content (AvgIpc) is 2.69. The first-order valence-electron chi connectivity index (χ1n) is 9.10. The van der Waals surface area contributed by atoms with Crippen molar-refractivity contribution in [2.24, 2.45) is 0 Å². The van der Waals surface area contributed by atoms with Gasteiger partial charge in [0.2, 0.25) is 5.95 Å². The van der Waals surface area contributed by atoms with Crippen molar-refractivity contribution in [3.05, 3.63) is 36.2 Å². The van der Waals surface area contributed by atoms with Crippen molar-refractivity contribution < 1.29 is 0 Å². The van der Waals surface area contributed by atoms with Crippen LogP contribution in [0.1, 0.15) is 19.0 Å². The van der Waals surface area contributed by atoms with Crippen LogP contribution in [0.5, 0.6) is 0 Å². The smallest absolute Gasteiger partial charge is 0.220 e. The predicted molar refractivity (Wildman–Crippen MR) is 104 cm³/mol. The Hall–Kier alpha value is -2.80. The Balaban J connectivity index is 1.67. The standard InChI is InChI=1S/C19H23N7/c1-2-3-15-18-16(25-19(20)24-15)6-5-14(23-18)13-4-7-17(22-12-13)26-10-8-21-9-11-26/h4-7,12,21H,2-3,8-11H2,1H3,(H2,20,24,25). The molecule has 134 valence electrons. The lowest BCUT2D eigenvalue weighted by Gasteiger charge is -2.28. The van der Waals surface area contributed by atoms with Crippen LogP contribution in [0.2, 0.25) is 0 Å². The first-order chi connectivity index (χ1) is 12.7. The molecular formula is C19H23N7. The third-order valence-corrected chi connectivity index (χ3v) is 4.60. The highest BCUT2D eigenvalue weighted by molar-refractivity contribution is 5.80. The number of anilines is 2. The van der Waals surface area contributed by atoms with Crippen molar-refractivity contribution >= 4 is 22.8 Å². The Labute approximate surface area is 152 Å². The fourth-order valence-corrected chi connectivity index (χ4v) is 3.28. The van der Waals surface area contributed by atoms with Gasteiger partial charge in [-0.05, 0) is 30.7 Å². The van der Waals surface area contributed by atoms with Gasteiger partial charge in [0.05, 0.1) is 16.9 Å². The number of nitrogens with one attached hydrogen (secondary N) is 1. The Morgan fingerprint density at radius 1 is 1.08 bits per heavy atom. The molecule has 7 heteroatoms. The Bertz CT molecular complexity index is 902. The highest BCUT2D eigenvalue weighted by atomic mass is 15.2. The summed E-state index contributed by atoms with van der Waals surface area (Å²) in [7, 11) is 0. The highest BCUT2D eigenvalue weighted by Crippen LogP contribution is 2.24. The number of aromatic nitrogens is 4. The second-order valence-corrected chi connectivity index (χ2v) is 6.48. The van der Waals surface area contributed by atoms with Crippen LogP contribution in [0.15, 0.2) is 30.5 Å². The fourth-order valence-electron chi connectivity index (χ4n) is 3.28. The number of rotatable bonds is 4. The maximum atomic E-state index is 5.82. The molecule has 0 bridgehead atoms. The lowest BCUT2D eigenvalue weighted by molar-refractivity contribution is 0.585. The summed E-state index contributed by atoms with van der Waals surface area (Å²) in [5, 5.41) is 3.36. The number of fused-ring (bicyclic) bond motifs is 1. The summed E-state index contributed by atoms with van der Waals surface area (Å²) in [4.78, 5) is 20.4. The second kappa shape index (κ2) is 7.21. The molecule has 26 heavy (non-hydrogen) atoms. The van der Waals surface area contributed by atoms with Crippen molar-refractivity contribution in [1.82, 2.24) is 25.3 Å². The normalized spacial score (nSPS) is 14.7. The summed E-state index contributed by atoms with van der Waals surface area (Å²) >= 11 is 0. The number of nitrogens with two attached hydrogens (primary N) is 1. The third kappa shape index (κ3) is 3.30. The minimum Gasteiger partial charge on any atom is -0.368 e. The zero-order valence-corrected chi connectivity index (χ0v) is 14.9. The molecule has 1 fully saturated rings. The van der Waals surface area contributed by atoms with Gasteiger partial charge in [-0.15, -0.1) is 0 Å². The molecule has 3 N–H and O–H groups in total. The molecular weight excluding hydrogens is 326 g/mol. The lowest BCUT2D eigenvalue weighted by Crippen LogP contribution is -2.43. The minimum atomic E-state index is 0.303. The number of pyridine rings is 2. The molecule has 0 unspecified atom stereocenters. The summed E-state index contributed by atoms with van der Waals surface area (Å²) in [5.74, 6) is 1.32. The summed E-state index contributed by atoms with van der Waals surface area (Å²) in [5.41, 5.74) is 10.2. The van der Waals surface area contributed by atoms with E-state index in [1.807, 2.05) is 18.3 Å². The Morgan fingerprint density at radius 2 is 1.92 bits per heavy atom. The van der Waals surface area contributed by atoms with Crippen LogP contribution in [0.4, 0.5) is 11.8 Å². The van der Waals surface area contributed by atoms with E-state index in [0.29, 0.717) is 5.95 Å². The molecule has 7 nitrogen and oxygen atoms in total. The first-order valence-corrected chi connectivity index (χ1v) is 9.10. The van der Waals surface area contributed by atoms with Crippen molar-refractivity contribution in [3.8, 4) is 11.3 Å². The SMILES string of the molecule is CCCc1nc(N)nc2ccc(-c3ccc(N4CCNCC4)nc3)nc12. The molecule has 1 aliphatic heterocycles. The quantitative estimate of drug-likeness (QED) is 0.744. The molecule has 0 aliphatic carbocycles. The summed E-state index contributed by atoms with van der Waals surface area (Å²) < 4.78 is 0. The van der Waals surface area contributed by atoms with Gasteiger partial charge in [-0.2, -0.15) is 0 Å². The van der Waals surface area contributed by atoms with Crippen LogP contribution >= 0.6 is 0 Å². The third-order valence-electron chi connectivity index (χ3n) is 4.60. The van der Waals surface area contributed by atoms with Gasteiger partial charge in [-0.1, -0.05) is 13.3 Å². The van der Waals surface area contributed by atoms with Crippen LogP contribution in [0.3, 0.4) is 0 Å². The molecule has 0 aromatic carbocycles. The first kappa shape index (κ1) is 16.7. The maximum Gasteiger partial charge on any atom is 0.220 e. The minimum absolute atomic E-state index is 0.303.